The third-order valence-electron chi connectivity index (χ3n) is 3.52. The number of nitrogens with one attached hydrogen (secondary N) is 1. The molecule has 0 aliphatic heterocycles. The lowest BCUT2D eigenvalue weighted by Gasteiger charge is -2.04. The summed E-state index contributed by atoms with van der Waals surface area (Å²) in [4.78, 5) is 16.7. The molecule has 1 N–H and O–H groups in total. The highest BCUT2D eigenvalue weighted by atomic mass is 35.5. The highest BCUT2D eigenvalue weighted by Crippen LogP contribution is 2.30. The predicted molar refractivity (Wildman–Crippen MR) is 106 cm³/mol. The number of thiazole rings is 1. The van der Waals surface area contributed by atoms with Crippen molar-refractivity contribution >= 4 is 43.8 Å². The normalized spacial score (nSPS) is 11.3. The van der Waals surface area contributed by atoms with E-state index in [-0.39, 0.29) is 11.7 Å². The van der Waals surface area contributed by atoms with Crippen LogP contribution in [0.2, 0.25) is 5.02 Å². The lowest BCUT2D eigenvalue weighted by Crippen LogP contribution is -2.11. The molecule has 5 nitrogen and oxygen atoms in total. The van der Waals surface area contributed by atoms with Crippen LogP contribution in [0.5, 0.6) is 0 Å². The van der Waals surface area contributed by atoms with Gasteiger partial charge in [-0.05, 0) is 23.8 Å². The summed E-state index contributed by atoms with van der Waals surface area (Å²) in [5, 5.41) is 5.63. The van der Waals surface area contributed by atoms with Gasteiger partial charge in [0.25, 0.3) is 5.91 Å². The Morgan fingerprint density at radius 1 is 1.15 bits per heavy atom. The zero-order chi connectivity index (χ0) is 18.7. The minimum atomic E-state index is -3.11. The highest BCUT2D eigenvalue weighted by molar-refractivity contribution is 7.89. The molecule has 0 unspecified atom stereocenters. The lowest BCUT2D eigenvalue weighted by atomic mass is 10.1. The summed E-state index contributed by atoms with van der Waals surface area (Å²) in [6.45, 7) is 0. The van der Waals surface area contributed by atoms with Crippen molar-refractivity contribution in [1.29, 1.82) is 0 Å². The molecular weight excluding hydrogens is 392 g/mol. The van der Waals surface area contributed by atoms with E-state index in [4.69, 9.17) is 11.6 Å². The number of nitrogens with zero attached hydrogens (tertiary/aromatic N) is 1. The predicted octanol–water partition coefficient (Wildman–Crippen LogP) is 4.26. The number of aromatic nitrogens is 1. The summed E-state index contributed by atoms with van der Waals surface area (Å²) in [5.74, 6) is -0.362. The van der Waals surface area contributed by atoms with E-state index in [9.17, 15) is 13.2 Å². The molecule has 0 aliphatic carbocycles. The van der Waals surface area contributed by atoms with Crippen molar-refractivity contribution in [3.8, 4) is 11.3 Å². The van der Waals surface area contributed by atoms with Gasteiger partial charge in [0, 0.05) is 27.8 Å². The number of hydrogen-bond acceptors (Lipinski definition) is 5. The Hall–Kier alpha value is -2.22. The highest BCUT2D eigenvalue weighted by Gasteiger charge is 2.12. The first-order chi connectivity index (χ1) is 12.3. The van der Waals surface area contributed by atoms with Gasteiger partial charge in [-0.2, -0.15) is 0 Å². The van der Waals surface area contributed by atoms with Gasteiger partial charge in [0.15, 0.2) is 15.0 Å². The van der Waals surface area contributed by atoms with Crippen LogP contribution in [0.1, 0.15) is 15.9 Å². The van der Waals surface area contributed by atoms with Crippen molar-refractivity contribution in [3.63, 3.8) is 0 Å². The molecular formula is C18H15ClN2O3S2. The van der Waals surface area contributed by atoms with Gasteiger partial charge in [-0.3, -0.25) is 10.1 Å². The van der Waals surface area contributed by atoms with Gasteiger partial charge in [0.05, 0.1) is 11.4 Å². The maximum Gasteiger partial charge on any atom is 0.257 e. The maximum absolute atomic E-state index is 12.3. The Kier molecular flexibility index (Phi) is 5.41. The summed E-state index contributed by atoms with van der Waals surface area (Å²) >= 11 is 7.47. The molecule has 0 aliphatic rings. The van der Waals surface area contributed by atoms with Crippen molar-refractivity contribution in [2.24, 2.45) is 0 Å². The number of amides is 1. The molecule has 1 amide bonds. The van der Waals surface area contributed by atoms with Gasteiger partial charge in [-0.25, -0.2) is 13.4 Å². The van der Waals surface area contributed by atoms with Gasteiger partial charge >= 0.3 is 0 Å². The SMILES string of the molecule is CS(=O)(=O)Cc1ccc(C(=O)Nc2nc(-c3ccccc3Cl)cs2)cc1. The minimum Gasteiger partial charge on any atom is -0.298 e. The summed E-state index contributed by atoms with van der Waals surface area (Å²) < 4.78 is 22.6. The van der Waals surface area contributed by atoms with Gasteiger partial charge in [0.2, 0.25) is 0 Å². The number of benzene rings is 2. The number of rotatable bonds is 5. The van der Waals surface area contributed by atoms with Crippen LogP contribution in [0.3, 0.4) is 0 Å². The van der Waals surface area contributed by atoms with Gasteiger partial charge in [0.1, 0.15) is 0 Å². The summed E-state index contributed by atoms with van der Waals surface area (Å²) in [6.07, 6.45) is 1.17. The maximum atomic E-state index is 12.3. The fourth-order valence-corrected chi connectivity index (χ4v) is 4.08. The average molecular weight is 407 g/mol. The van der Waals surface area contributed by atoms with E-state index in [2.05, 4.69) is 10.3 Å². The average Bonchev–Trinajstić information content (AvgIpc) is 3.02. The number of carbonyl (C=O) groups is 1. The molecule has 0 saturated carbocycles. The van der Waals surface area contributed by atoms with E-state index >= 15 is 0 Å². The van der Waals surface area contributed by atoms with E-state index in [0.717, 1.165) is 5.56 Å². The molecule has 3 aromatic rings. The van der Waals surface area contributed by atoms with Crippen LogP contribution in [0.4, 0.5) is 5.13 Å². The van der Waals surface area contributed by atoms with Crippen LogP contribution in [0.25, 0.3) is 11.3 Å². The number of sulfone groups is 1. The Morgan fingerprint density at radius 3 is 2.50 bits per heavy atom. The topological polar surface area (TPSA) is 76.1 Å². The second-order valence-corrected chi connectivity index (χ2v) is 9.14. The Morgan fingerprint density at radius 2 is 1.85 bits per heavy atom. The summed E-state index contributed by atoms with van der Waals surface area (Å²) in [5.41, 5.74) is 2.56. The summed E-state index contributed by atoms with van der Waals surface area (Å²) in [7, 11) is -3.11. The second kappa shape index (κ2) is 7.57. The van der Waals surface area contributed by atoms with Crippen LogP contribution in [-0.2, 0) is 15.6 Å². The molecule has 8 heteroatoms. The van der Waals surface area contributed by atoms with E-state index in [0.29, 0.717) is 27.0 Å². The molecule has 3 rings (SSSR count). The van der Waals surface area contributed by atoms with Crippen molar-refractivity contribution in [1.82, 2.24) is 4.98 Å². The van der Waals surface area contributed by atoms with Crippen molar-refractivity contribution in [2.45, 2.75) is 5.75 Å². The minimum absolute atomic E-state index is 0.0530. The Balaban J connectivity index is 1.72. The first kappa shape index (κ1) is 18.6. The standard InChI is InChI=1S/C18H15ClN2O3S2/c1-26(23,24)11-12-6-8-13(9-7-12)17(22)21-18-20-16(10-25-18)14-4-2-3-5-15(14)19/h2-10H,11H2,1H3,(H,20,21,22). The first-order valence-electron chi connectivity index (χ1n) is 7.60. The third kappa shape index (κ3) is 4.69. The molecule has 0 fully saturated rings. The van der Waals surface area contributed by atoms with Crippen LogP contribution in [-0.4, -0.2) is 25.6 Å². The fourth-order valence-electron chi connectivity index (χ4n) is 2.35. The molecule has 0 saturated heterocycles. The lowest BCUT2D eigenvalue weighted by molar-refractivity contribution is 0.102. The molecule has 1 aromatic heterocycles. The number of hydrogen-bond donors (Lipinski definition) is 1. The zero-order valence-electron chi connectivity index (χ0n) is 13.8. The Labute approximate surface area is 160 Å². The fraction of sp³-hybridized carbons (Fsp3) is 0.111. The molecule has 26 heavy (non-hydrogen) atoms. The molecule has 0 bridgehead atoms. The number of halogens is 1. The largest absolute Gasteiger partial charge is 0.298 e. The molecule has 0 radical (unpaired) electrons. The van der Waals surface area contributed by atoms with E-state index in [1.54, 1.807) is 30.3 Å². The molecule has 0 spiro atoms. The van der Waals surface area contributed by atoms with E-state index in [1.807, 2.05) is 23.6 Å². The van der Waals surface area contributed by atoms with Crippen LogP contribution >= 0.6 is 22.9 Å². The summed E-state index contributed by atoms with van der Waals surface area (Å²) in [6, 6.07) is 13.8. The van der Waals surface area contributed by atoms with Crippen molar-refractivity contribution < 1.29 is 13.2 Å². The van der Waals surface area contributed by atoms with Crippen molar-refractivity contribution in [3.05, 3.63) is 70.1 Å². The quantitative estimate of drug-likeness (QED) is 0.686. The molecule has 2 aromatic carbocycles. The van der Waals surface area contributed by atoms with Crippen LogP contribution in [0, 0.1) is 0 Å². The van der Waals surface area contributed by atoms with Gasteiger partial charge in [-0.1, -0.05) is 41.9 Å². The zero-order valence-corrected chi connectivity index (χ0v) is 16.2. The van der Waals surface area contributed by atoms with Gasteiger partial charge < -0.3 is 0 Å². The molecule has 1 heterocycles. The molecule has 134 valence electrons. The van der Waals surface area contributed by atoms with Gasteiger partial charge in [-0.15, -0.1) is 11.3 Å². The van der Waals surface area contributed by atoms with E-state index < -0.39 is 9.84 Å². The molecule has 0 atom stereocenters. The third-order valence-corrected chi connectivity index (χ3v) is 5.46. The van der Waals surface area contributed by atoms with Crippen LogP contribution in [0.15, 0.2) is 53.9 Å². The number of anilines is 1. The first-order valence-corrected chi connectivity index (χ1v) is 10.9. The monoisotopic (exact) mass is 406 g/mol. The smallest absolute Gasteiger partial charge is 0.257 e. The van der Waals surface area contributed by atoms with Crippen molar-refractivity contribution in [2.75, 3.05) is 11.6 Å². The number of carbonyl (C=O) groups excluding carboxylic acids is 1. The van der Waals surface area contributed by atoms with E-state index in [1.165, 1.54) is 17.6 Å². The van der Waals surface area contributed by atoms with Crippen LogP contribution < -0.4 is 5.32 Å². The second-order valence-electron chi connectivity index (χ2n) is 5.74. The Bertz CT molecular complexity index is 1040.